The van der Waals surface area contributed by atoms with Crippen molar-refractivity contribution in [1.29, 1.82) is 0 Å². The molecule has 0 aliphatic carbocycles. The summed E-state index contributed by atoms with van der Waals surface area (Å²) < 4.78 is 29.8. The van der Waals surface area contributed by atoms with Gasteiger partial charge in [0.2, 0.25) is 0 Å². The highest BCUT2D eigenvalue weighted by Gasteiger charge is 2.22. The molecule has 0 saturated carbocycles. The van der Waals surface area contributed by atoms with Gasteiger partial charge in [0.05, 0.1) is 11.1 Å². The summed E-state index contributed by atoms with van der Waals surface area (Å²) in [6, 6.07) is 8.35. The molecule has 114 valence electrons. The summed E-state index contributed by atoms with van der Waals surface area (Å²) in [4.78, 5) is 0.899. The second-order valence-electron chi connectivity index (χ2n) is 4.44. The van der Waals surface area contributed by atoms with Gasteiger partial charge >= 0.3 is 6.61 Å². The van der Waals surface area contributed by atoms with E-state index >= 15 is 0 Å². The Labute approximate surface area is 131 Å². The minimum absolute atomic E-state index is 0.172. The molecule has 0 amide bonds. The van der Waals surface area contributed by atoms with Crippen LogP contribution in [0, 0.1) is 0 Å². The second-order valence-corrected chi connectivity index (χ2v) is 5.79. The lowest BCUT2D eigenvalue weighted by Gasteiger charge is -2.21. The zero-order chi connectivity index (χ0) is 15.2. The van der Waals surface area contributed by atoms with Gasteiger partial charge in [-0.3, -0.25) is 0 Å². The van der Waals surface area contributed by atoms with Crippen molar-refractivity contribution in [3.8, 4) is 5.75 Å². The molecule has 2 aromatic rings. The minimum Gasteiger partial charge on any atom is -0.434 e. The van der Waals surface area contributed by atoms with E-state index in [9.17, 15) is 8.78 Å². The number of alkyl halides is 2. The Morgan fingerprint density at radius 3 is 2.67 bits per heavy atom. The summed E-state index contributed by atoms with van der Waals surface area (Å²) in [5, 5.41) is 5.85. The summed E-state index contributed by atoms with van der Waals surface area (Å²) in [6.45, 7) is -0.0550. The maximum atomic E-state index is 12.6. The molecule has 1 N–H and O–H groups in total. The van der Waals surface area contributed by atoms with Crippen molar-refractivity contribution in [3.05, 3.63) is 51.2 Å². The van der Waals surface area contributed by atoms with Crippen LogP contribution >= 0.6 is 22.9 Å². The van der Waals surface area contributed by atoms with Crippen LogP contribution in [0.25, 0.3) is 0 Å². The number of benzene rings is 1. The molecule has 0 fully saturated rings. The van der Waals surface area contributed by atoms with Crippen LogP contribution in [-0.2, 0) is 0 Å². The van der Waals surface area contributed by atoms with E-state index in [-0.39, 0.29) is 11.8 Å². The maximum Gasteiger partial charge on any atom is 0.387 e. The molecule has 0 aliphatic rings. The van der Waals surface area contributed by atoms with Gasteiger partial charge in [0.25, 0.3) is 0 Å². The zero-order valence-corrected chi connectivity index (χ0v) is 13.1. The van der Waals surface area contributed by atoms with E-state index in [0.717, 1.165) is 17.8 Å². The SMILES string of the molecule is CCCNC(c1ccccc1OC(F)F)c1sccc1Cl. The molecular formula is C15H16ClF2NOS. The Bertz CT molecular complexity index is 576. The molecule has 1 heterocycles. The molecule has 0 spiro atoms. The predicted molar refractivity (Wildman–Crippen MR) is 82.5 cm³/mol. The molecule has 2 rings (SSSR count). The Kier molecular flexibility index (Phi) is 5.96. The van der Waals surface area contributed by atoms with Crippen LogP contribution in [0.1, 0.15) is 29.8 Å². The van der Waals surface area contributed by atoms with Gasteiger partial charge in [0, 0.05) is 10.4 Å². The molecule has 0 aliphatic heterocycles. The summed E-state index contributed by atoms with van der Waals surface area (Å²) in [5.41, 5.74) is 0.663. The average molecular weight is 332 g/mol. The van der Waals surface area contributed by atoms with Gasteiger partial charge in [0.1, 0.15) is 5.75 Å². The van der Waals surface area contributed by atoms with Gasteiger partial charge in [-0.05, 0) is 30.5 Å². The summed E-state index contributed by atoms with van der Waals surface area (Å²) >= 11 is 7.70. The van der Waals surface area contributed by atoms with Gasteiger partial charge in [-0.15, -0.1) is 11.3 Å². The van der Waals surface area contributed by atoms with Crippen LogP contribution in [0.2, 0.25) is 5.02 Å². The van der Waals surface area contributed by atoms with E-state index in [2.05, 4.69) is 10.1 Å². The fourth-order valence-corrected chi connectivity index (χ4v) is 3.32. The first kappa shape index (κ1) is 16.2. The minimum atomic E-state index is -2.85. The lowest BCUT2D eigenvalue weighted by atomic mass is 10.0. The fraction of sp³-hybridized carbons (Fsp3) is 0.333. The number of ether oxygens (including phenoxy) is 1. The Morgan fingerprint density at radius 2 is 2.05 bits per heavy atom. The largest absolute Gasteiger partial charge is 0.434 e. The smallest absolute Gasteiger partial charge is 0.387 e. The van der Waals surface area contributed by atoms with Gasteiger partial charge < -0.3 is 10.1 Å². The molecule has 1 aromatic carbocycles. The first-order valence-corrected chi connectivity index (χ1v) is 7.89. The molecule has 0 bridgehead atoms. The van der Waals surface area contributed by atoms with Crippen molar-refractivity contribution < 1.29 is 13.5 Å². The molecule has 21 heavy (non-hydrogen) atoms. The van der Waals surface area contributed by atoms with E-state index < -0.39 is 6.61 Å². The molecule has 0 saturated heterocycles. The summed E-state index contributed by atoms with van der Waals surface area (Å²) in [7, 11) is 0. The van der Waals surface area contributed by atoms with Gasteiger partial charge in [-0.25, -0.2) is 0 Å². The van der Waals surface area contributed by atoms with Gasteiger partial charge in [-0.2, -0.15) is 8.78 Å². The monoisotopic (exact) mass is 331 g/mol. The quantitative estimate of drug-likeness (QED) is 0.762. The van der Waals surface area contributed by atoms with Crippen molar-refractivity contribution in [3.63, 3.8) is 0 Å². The Balaban J connectivity index is 2.39. The summed E-state index contributed by atoms with van der Waals surface area (Å²) in [6.07, 6.45) is 0.928. The van der Waals surface area contributed by atoms with Crippen molar-refractivity contribution in [1.82, 2.24) is 5.32 Å². The molecule has 6 heteroatoms. The number of hydrogen-bond acceptors (Lipinski definition) is 3. The third kappa shape index (κ3) is 4.15. The average Bonchev–Trinajstić information content (AvgIpc) is 2.87. The number of para-hydroxylation sites is 1. The predicted octanol–water partition coefficient (Wildman–Crippen LogP) is 5.09. The first-order valence-electron chi connectivity index (χ1n) is 6.63. The third-order valence-corrected chi connectivity index (χ3v) is 4.37. The van der Waals surface area contributed by atoms with Gasteiger partial charge in [-0.1, -0.05) is 36.7 Å². The highest BCUT2D eigenvalue weighted by Crippen LogP contribution is 2.37. The molecule has 1 atom stereocenters. The van der Waals surface area contributed by atoms with Crippen LogP contribution in [-0.4, -0.2) is 13.2 Å². The number of rotatable bonds is 7. The fourth-order valence-electron chi connectivity index (χ4n) is 2.07. The van der Waals surface area contributed by atoms with Crippen molar-refractivity contribution in [2.75, 3.05) is 6.54 Å². The molecular weight excluding hydrogens is 316 g/mol. The lowest BCUT2D eigenvalue weighted by Crippen LogP contribution is -2.23. The molecule has 1 aromatic heterocycles. The number of halogens is 3. The first-order chi connectivity index (χ1) is 10.1. The highest BCUT2D eigenvalue weighted by molar-refractivity contribution is 7.10. The van der Waals surface area contributed by atoms with Crippen molar-refractivity contribution in [2.24, 2.45) is 0 Å². The highest BCUT2D eigenvalue weighted by atomic mass is 35.5. The standard InChI is InChI=1S/C15H16ClF2NOS/c1-2-8-19-13(14-11(16)7-9-21-14)10-5-3-4-6-12(10)20-15(17)18/h3-7,9,13,15,19H,2,8H2,1H3. The number of thiophene rings is 1. The van der Waals surface area contributed by atoms with Gasteiger partial charge in [0.15, 0.2) is 0 Å². The van der Waals surface area contributed by atoms with E-state index in [1.54, 1.807) is 30.3 Å². The van der Waals surface area contributed by atoms with Crippen LogP contribution < -0.4 is 10.1 Å². The maximum absolute atomic E-state index is 12.6. The van der Waals surface area contributed by atoms with Crippen LogP contribution in [0.15, 0.2) is 35.7 Å². The normalized spacial score (nSPS) is 12.6. The molecule has 1 unspecified atom stereocenters. The van der Waals surface area contributed by atoms with Crippen molar-refractivity contribution >= 4 is 22.9 Å². The number of hydrogen-bond donors (Lipinski definition) is 1. The van der Waals surface area contributed by atoms with Crippen LogP contribution in [0.3, 0.4) is 0 Å². The molecule has 0 radical (unpaired) electrons. The van der Waals surface area contributed by atoms with Crippen LogP contribution in [0.4, 0.5) is 8.78 Å². The number of nitrogens with one attached hydrogen (secondary N) is 1. The molecule has 2 nitrogen and oxygen atoms in total. The third-order valence-electron chi connectivity index (χ3n) is 2.95. The lowest BCUT2D eigenvalue weighted by molar-refractivity contribution is -0.0506. The van der Waals surface area contributed by atoms with E-state index in [4.69, 9.17) is 11.6 Å². The topological polar surface area (TPSA) is 21.3 Å². The van der Waals surface area contributed by atoms with E-state index in [1.807, 2.05) is 12.3 Å². The Hall–Kier alpha value is -1.17. The van der Waals surface area contributed by atoms with E-state index in [0.29, 0.717) is 10.6 Å². The summed E-state index contributed by atoms with van der Waals surface area (Å²) in [5.74, 6) is 0.172. The van der Waals surface area contributed by atoms with Crippen molar-refractivity contribution in [2.45, 2.75) is 26.0 Å². The zero-order valence-electron chi connectivity index (χ0n) is 11.5. The van der Waals surface area contributed by atoms with Crippen LogP contribution in [0.5, 0.6) is 5.75 Å². The second kappa shape index (κ2) is 7.73. The van der Waals surface area contributed by atoms with E-state index in [1.165, 1.54) is 11.3 Å². The Morgan fingerprint density at radius 1 is 1.29 bits per heavy atom.